The van der Waals surface area contributed by atoms with Crippen LogP contribution in [0.5, 0.6) is 0 Å². The van der Waals surface area contributed by atoms with Gasteiger partial charge in [0.15, 0.2) is 0 Å². The number of aryl methyl sites for hydroxylation is 1. The average molecular weight is 301 g/mol. The maximum Gasteiger partial charge on any atom is 0.337 e. The highest BCUT2D eigenvalue weighted by Crippen LogP contribution is 2.28. The molecule has 21 heavy (non-hydrogen) atoms. The lowest BCUT2D eigenvalue weighted by Gasteiger charge is -2.14. The Balaban J connectivity index is 2.26. The average Bonchev–Trinajstić information content (AvgIpc) is 3.12. The van der Waals surface area contributed by atoms with Gasteiger partial charge in [0.1, 0.15) is 16.3 Å². The van der Waals surface area contributed by atoms with Gasteiger partial charge in [-0.15, -0.1) is 11.3 Å². The van der Waals surface area contributed by atoms with Crippen LogP contribution in [0.25, 0.3) is 11.0 Å². The molecule has 1 aromatic carbocycles. The predicted octanol–water partition coefficient (Wildman–Crippen LogP) is 3.36. The van der Waals surface area contributed by atoms with Gasteiger partial charge in [0.25, 0.3) is 0 Å². The molecule has 0 amide bonds. The number of carboxylic acids is 1. The molecule has 0 bridgehead atoms. The number of thiazole rings is 1. The second-order valence-electron chi connectivity index (χ2n) is 4.78. The van der Waals surface area contributed by atoms with Crippen LogP contribution < -0.4 is 0 Å². The maximum absolute atomic E-state index is 11.4. The summed E-state index contributed by atoms with van der Waals surface area (Å²) in [5.41, 5.74) is 1.63. The summed E-state index contributed by atoms with van der Waals surface area (Å²) in [5, 5.41) is 12.3. The summed E-state index contributed by atoms with van der Waals surface area (Å²) in [6.45, 7) is 4.08. The molecular formula is C15H15N3O2S. The van der Waals surface area contributed by atoms with Crippen molar-refractivity contribution in [1.82, 2.24) is 14.5 Å². The fraction of sp³-hybridized carbons (Fsp3) is 0.267. The number of fused-ring (bicyclic) bond motifs is 1. The van der Waals surface area contributed by atoms with Crippen LogP contribution in [0.4, 0.5) is 0 Å². The molecule has 0 spiro atoms. The zero-order valence-corrected chi connectivity index (χ0v) is 12.6. The molecule has 0 fully saturated rings. The first-order valence-electron chi connectivity index (χ1n) is 6.76. The summed E-state index contributed by atoms with van der Waals surface area (Å²) in [6, 6.07) is 5.31. The molecule has 0 saturated heterocycles. The van der Waals surface area contributed by atoms with Crippen molar-refractivity contribution in [1.29, 1.82) is 0 Å². The number of para-hydroxylation sites is 1. The molecule has 5 nitrogen and oxygen atoms in total. The Morgan fingerprint density at radius 3 is 2.90 bits per heavy atom. The van der Waals surface area contributed by atoms with Crippen molar-refractivity contribution < 1.29 is 9.90 Å². The van der Waals surface area contributed by atoms with E-state index in [1.54, 1.807) is 29.7 Å². The van der Waals surface area contributed by atoms with E-state index in [-0.39, 0.29) is 11.6 Å². The van der Waals surface area contributed by atoms with Crippen molar-refractivity contribution in [3.05, 3.63) is 46.2 Å². The van der Waals surface area contributed by atoms with E-state index in [0.29, 0.717) is 5.52 Å². The second kappa shape index (κ2) is 5.29. The normalized spacial score (nSPS) is 12.7. The summed E-state index contributed by atoms with van der Waals surface area (Å²) >= 11 is 1.59. The molecule has 1 atom stereocenters. The molecule has 0 aliphatic heterocycles. The van der Waals surface area contributed by atoms with Crippen LogP contribution in [0.3, 0.4) is 0 Å². The van der Waals surface area contributed by atoms with Gasteiger partial charge in [0.05, 0.1) is 17.1 Å². The SMILES string of the molecule is CCc1nc2c(C(=O)O)cccc2n1C(C)c1nccs1. The van der Waals surface area contributed by atoms with Gasteiger partial charge in [0, 0.05) is 18.0 Å². The molecule has 0 radical (unpaired) electrons. The summed E-state index contributed by atoms with van der Waals surface area (Å²) < 4.78 is 2.08. The lowest BCUT2D eigenvalue weighted by atomic mass is 10.2. The Morgan fingerprint density at radius 1 is 1.48 bits per heavy atom. The van der Waals surface area contributed by atoms with Gasteiger partial charge < -0.3 is 9.67 Å². The molecule has 3 aromatic rings. The number of carbonyl (C=O) groups is 1. The number of hydrogen-bond acceptors (Lipinski definition) is 4. The van der Waals surface area contributed by atoms with Crippen LogP contribution in [0, 0.1) is 0 Å². The van der Waals surface area contributed by atoms with Crippen molar-refractivity contribution in [3.8, 4) is 0 Å². The van der Waals surface area contributed by atoms with Crippen LogP contribution in [-0.4, -0.2) is 25.6 Å². The van der Waals surface area contributed by atoms with Crippen LogP contribution >= 0.6 is 11.3 Å². The Bertz CT molecular complexity index is 793. The van der Waals surface area contributed by atoms with E-state index in [0.717, 1.165) is 22.8 Å². The molecule has 2 aromatic heterocycles. The van der Waals surface area contributed by atoms with E-state index < -0.39 is 5.97 Å². The van der Waals surface area contributed by atoms with Crippen molar-refractivity contribution in [2.45, 2.75) is 26.3 Å². The van der Waals surface area contributed by atoms with Gasteiger partial charge in [-0.2, -0.15) is 0 Å². The molecule has 0 aliphatic rings. The molecular weight excluding hydrogens is 286 g/mol. The third kappa shape index (κ3) is 2.21. The van der Waals surface area contributed by atoms with Gasteiger partial charge in [-0.3, -0.25) is 0 Å². The zero-order valence-electron chi connectivity index (χ0n) is 11.8. The molecule has 0 saturated carbocycles. The van der Waals surface area contributed by atoms with Crippen molar-refractivity contribution in [2.75, 3.05) is 0 Å². The van der Waals surface area contributed by atoms with Gasteiger partial charge in [-0.05, 0) is 19.1 Å². The lowest BCUT2D eigenvalue weighted by Crippen LogP contribution is -2.10. The zero-order chi connectivity index (χ0) is 15.0. The van der Waals surface area contributed by atoms with Crippen LogP contribution in [-0.2, 0) is 6.42 Å². The van der Waals surface area contributed by atoms with E-state index in [9.17, 15) is 9.90 Å². The minimum Gasteiger partial charge on any atom is -0.478 e. The smallest absolute Gasteiger partial charge is 0.337 e. The van der Waals surface area contributed by atoms with Gasteiger partial charge in [-0.1, -0.05) is 13.0 Å². The summed E-state index contributed by atoms with van der Waals surface area (Å²) in [5.74, 6) is -0.0730. The Morgan fingerprint density at radius 2 is 2.29 bits per heavy atom. The molecule has 1 unspecified atom stereocenters. The number of hydrogen-bond donors (Lipinski definition) is 1. The number of rotatable bonds is 4. The van der Waals surface area contributed by atoms with Crippen molar-refractivity contribution in [2.24, 2.45) is 0 Å². The van der Waals surface area contributed by atoms with Gasteiger partial charge in [-0.25, -0.2) is 14.8 Å². The number of carboxylic acid groups (broad SMARTS) is 1. The quantitative estimate of drug-likeness (QED) is 0.802. The number of aromatic carboxylic acids is 1. The molecule has 3 rings (SSSR count). The highest BCUT2D eigenvalue weighted by Gasteiger charge is 2.21. The molecule has 6 heteroatoms. The van der Waals surface area contributed by atoms with E-state index in [4.69, 9.17) is 0 Å². The van der Waals surface area contributed by atoms with E-state index >= 15 is 0 Å². The molecule has 108 valence electrons. The Labute approximate surface area is 125 Å². The van der Waals surface area contributed by atoms with Crippen molar-refractivity contribution >= 4 is 28.3 Å². The Hall–Kier alpha value is -2.21. The Kier molecular flexibility index (Phi) is 3.47. The first-order chi connectivity index (χ1) is 10.1. The lowest BCUT2D eigenvalue weighted by molar-refractivity contribution is 0.0699. The number of imidazole rings is 1. The van der Waals surface area contributed by atoms with Crippen molar-refractivity contribution in [3.63, 3.8) is 0 Å². The largest absolute Gasteiger partial charge is 0.478 e. The fourth-order valence-electron chi connectivity index (χ4n) is 2.57. The third-order valence-electron chi connectivity index (χ3n) is 3.54. The second-order valence-corrected chi connectivity index (χ2v) is 5.70. The fourth-order valence-corrected chi connectivity index (χ4v) is 3.26. The number of aromatic nitrogens is 3. The standard InChI is InChI=1S/C15H15N3O2S/c1-3-12-17-13-10(15(19)20)5-4-6-11(13)18(12)9(2)14-16-7-8-21-14/h4-9H,3H2,1-2H3,(H,19,20). The highest BCUT2D eigenvalue weighted by atomic mass is 32.1. The first kappa shape index (κ1) is 13.8. The highest BCUT2D eigenvalue weighted by molar-refractivity contribution is 7.09. The monoisotopic (exact) mass is 301 g/mol. The first-order valence-corrected chi connectivity index (χ1v) is 7.64. The summed E-state index contributed by atoms with van der Waals surface area (Å²) in [7, 11) is 0. The third-order valence-corrected chi connectivity index (χ3v) is 4.48. The number of nitrogens with zero attached hydrogens (tertiary/aromatic N) is 3. The molecule has 0 aliphatic carbocycles. The molecule has 1 N–H and O–H groups in total. The van der Waals surface area contributed by atoms with E-state index in [1.807, 2.05) is 18.4 Å². The maximum atomic E-state index is 11.4. The minimum atomic E-state index is -0.949. The number of benzene rings is 1. The molecule has 2 heterocycles. The van der Waals surface area contributed by atoms with Gasteiger partial charge in [0.2, 0.25) is 0 Å². The van der Waals surface area contributed by atoms with E-state index in [1.165, 1.54) is 0 Å². The van der Waals surface area contributed by atoms with Crippen LogP contribution in [0.15, 0.2) is 29.8 Å². The van der Waals surface area contributed by atoms with E-state index in [2.05, 4.69) is 21.5 Å². The minimum absolute atomic E-state index is 0.0361. The topological polar surface area (TPSA) is 68.0 Å². The van der Waals surface area contributed by atoms with Gasteiger partial charge >= 0.3 is 5.97 Å². The van der Waals surface area contributed by atoms with Crippen LogP contribution in [0.1, 0.15) is 41.1 Å². The van der Waals surface area contributed by atoms with Crippen LogP contribution in [0.2, 0.25) is 0 Å². The summed E-state index contributed by atoms with van der Waals surface area (Å²) in [4.78, 5) is 20.3. The summed E-state index contributed by atoms with van der Waals surface area (Å²) in [6.07, 6.45) is 2.52. The predicted molar refractivity (Wildman–Crippen MR) is 82.0 cm³/mol.